The fraction of sp³-hybridized carbons (Fsp3) is 0.316. The average molecular weight is 430 g/mol. The summed E-state index contributed by atoms with van der Waals surface area (Å²) in [5.74, 6) is 0.213. The molecule has 0 bridgehead atoms. The van der Waals surface area contributed by atoms with E-state index in [1.165, 1.54) is 23.9 Å². The molecule has 0 spiro atoms. The van der Waals surface area contributed by atoms with Gasteiger partial charge in [-0.3, -0.25) is 14.9 Å². The number of hydrogen-bond donors (Lipinski definition) is 2. The number of hydrazine groups is 1. The van der Waals surface area contributed by atoms with Crippen LogP contribution < -0.4 is 15.6 Å². The summed E-state index contributed by atoms with van der Waals surface area (Å²) in [5.41, 5.74) is 2.51. The lowest BCUT2D eigenvalue weighted by Crippen LogP contribution is -2.31. The first-order chi connectivity index (χ1) is 14.1. The zero-order valence-electron chi connectivity index (χ0n) is 16.9. The molecule has 2 aromatic carbocycles. The van der Waals surface area contributed by atoms with E-state index in [4.69, 9.17) is 4.74 Å². The highest BCUT2D eigenvalue weighted by Gasteiger charge is 2.24. The molecule has 0 saturated heterocycles. The van der Waals surface area contributed by atoms with Crippen LogP contribution in [-0.2, 0) is 0 Å². The highest BCUT2D eigenvalue weighted by Crippen LogP contribution is 2.33. The van der Waals surface area contributed by atoms with Crippen LogP contribution >= 0.6 is 11.8 Å². The molecular formula is C19H22N6O4S. The maximum atomic E-state index is 12.9. The molecule has 11 heteroatoms. The van der Waals surface area contributed by atoms with Gasteiger partial charge in [0.1, 0.15) is 11.4 Å². The van der Waals surface area contributed by atoms with Gasteiger partial charge in [-0.15, -0.1) is 5.11 Å². The summed E-state index contributed by atoms with van der Waals surface area (Å²) in [6.45, 7) is 5.84. The molecule has 0 fully saturated rings. The minimum atomic E-state index is -0.535. The minimum absolute atomic E-state index is 0.169. The largest absolute Gasteiger partial charge is 0.488 e. The molecule has 158 valence electrons. The smallest absolute Gasteiger partial charge is 0.270 e. The molecule has 30 heavy (non-hydrogen) atoms. The second-order valence-electron chi connectivity index (χ2n) is 7.50. The van der Waals surface area contributed by atoms with Gasteiger partial charge in [0.15, 0.2) is 5.50 Å². The standard InChI is InChI=1S/C19H22N6O4S/c1-19(2,3)29-14-8-5-12(6-9-14)20-17(26)15-11-13(25(27)28)7-10-16(15)30-18-21-22-23-24(18)4/h5-11,18H,1-4H3,(H,20,26)(H,21,23). The molecule has 2 aromatic rings. The van der Waals surface area contributed by atoms with Crippen LogP contribution in [0.25, 0.3) is 0 Å². The molecule has 3 rings (SSSR count). The third-order valence-electron chi connectivity index (χ3n) is 3.88. The van der Waals surface area contributed by atoms with Crippen molar-refractivity contribution < 1.29 is 14.5 Å². The Labute approximate surface area is 177 Å². The number of nitro groups is 1. The fourth-order valence-corrected chi connectivity index (χ4v) is 3.51. The number of carbonyl (C=O) groups is 1. The number of carbonyl (C=O) groups excluding carboxylic acids is 1. The zero-order chi connectivity index (χ0) is 21.9. The van der Waals surface area contributed by atoms with Crippen LogP contribution in [0, 0.1) is 10.1 Å². The van der Waals surface area contributed by atoms with Gasteiger partial charge in [0, 0.05) is 29.8 Å². The fourth-order valence-electron chi connectivity index (χ4n) is 2.56. The first-order valence-electron chi connectivity index (χ1n) is 9.06. The molecule has 0 aromatic heterocycles. The molecule has 0 saturated carbocycles. The van der Waals surface area contributed by atoms with Crippen molar-refractivity contribution in [2.45, 2.75) is 36.8 Å². The van der Waals surface area contributed by atoms with Crippen molar-refractivity contribution in [3.05, 3.63) is 58.1 Å². The Kier molecular flexibility index (Phi) is 6.22. The van der Waals surface area contributed by atoms with Gasteiger partial charge in [0.2, 0.25) is 0 Å². The number of thioether (sulfide) groups is 1. The van der Waals surface area contributed by atoms with Gasteiger partial charge in [0.05, 0.1) is 10.5 Å². The van der Waals surface area contributed by atoms with E-state index in [1.54, 1.807) is 42.4 Å². The summed E-state index contributed by atoms with van der Waals surface area (Å²) in [6, 6.07) is 11.1. The Balaban J connectivity index is 1.81. The van der Waals surface area contributed by atoms with Gasteiger partial charge in [-0.2, -0.15) is 5.01 Å². The number of non-ortho nitro benzene ring substituents is 1. The Morgan fingerprint density at radius 3 is 2.53 bits per heavy atom. The molecule has 0 radical (unpaired) electrons. The van der Waals surface area contributed by atoms with E-state index in [0.717, 1.165) is 0 Å². The van der Waals surface area contributed by atoms with E-state index in [0.29, 0.717) is 16.3 Å². The molecular weight excluding hydrogens is 408 g/mol. The normalized spacial score (nSPS) is 16.2. The van der Waals surface area contributed by atoms with E-state index in [-0.39, 0.29) is 16.9 Å². The van der Waals surface area contributed by atoms with Gasteiger partial charge in [-0.1, -0.05) is 17.0 Å². The molecule has 1 atom stereocenters. The molecule has 1 unspecified atom stereocenters. The molecule has 1 amide bonds. The lowest BCUT2D eigenvalue weighted by Gasteiger charge is -2.21. The summed E-state index contributed by atoms with van der Waals surface area (Å²) in [7, 11) is 1.75. The Morgan fingerprint density at radius 1 is 1.27 bits per heavy atom. The number of amides is 1. The summed E-state index contributed by atoms with van der Waals surface area (Å²) >= 11 is 1.25. The van der Waals surface area contributed by atoms with Crippen LogP contribution in [0.3, 0.4) is 0 Å². The molecule has 2 N–H and O–H groups in total. The minimum Gasteiger partial charge on any atom is -0.488 e. The number of rotatable bonds is 6. The van der Waals surface area contributed by atoms with Crippen LogP contribution in [-0.4, -0.2) is 34.0 Å². The summed E-state index contributed by atoms with van der Waals surface area (Å²) in [4.78, 5) is 24.1. The van der Waals surface area contributed by atoms with Gasteiger partial charge < -0.3 is 10.1 Å². The number of benzene rings is 2. The van der Waals surface area contributed by atoms with Crippen molar-refractivity contribution in [1.29, 1.82) is 0 Å². The average Bonchev–Trinajstić information content (AvgIpc) is 3.07. The highest BCUT2D eigenvalue weighted by atomic mass is 32.2. The third-order valence-corrected chi connectivity index (χ3v) is 5.11. The number of ether oxygens (including phenoxy) is 1. The maximum Gasteiger partial charge on any atom is 0.270 e. The van der Waals surface area contributed by atoms with Crippen LogP contribution in [0.4, 0.5) is 11.4 Å². The van der Waals surface area contributed by atoms with Crippen LogP contribution in [0.2, 0.25) is 0 Å². The van der Waals surface area contributed by atoms with E-state index in [2.05, 4.69) is 21.2 Å². The number of nitro benzene ring substituents is 1. The Morgan fingerprint density at radius 2 is 1.97 bits per heavy atom. The van der Waals surface area contributed by atoms with Gasteiger partial charge in [0.25, 0.3) is 11.6 Å². The SMILES string of the molecule is CN1NN=NC1Sc1ccc([N+](=O)[O-])cc1C(=O)Nc1ccc(OC(C)(C)C)cc1. The van der Waals surface area contributed by atoms with Crippen molar-refractivity contribution in [1.82, 2.24) is 10.5 Å². The molecule has 1 aliphatic rings. The lowest BCUT2D eigenvalue weighted by atomic mass is 10.1. The van der Waals surface area contributed by atoms with Crippen molar-refractivity contribution in [2.24, 2.45) is 10.3 Å². The quantitative estimate of drug-likeness (QED) is 0.520. The summed E-state index contributed by atoms with van der Waals surface area (Å²) < 4.78 is 5.77. The number of nitrogens with zero attached hydrogens (tertiary/aromatic N) is 4. The predicted molar refractivity (Wildman–Crippen MR) is 113 cm³/mol. The van der Waals surface area contributed by atoms with Crippen molar-refractivity contribution in [3.8, 4) is 5.75 Å². The second-order valence-corrected chi connectivity index (χ2v) is 8.60. The van der Waals surface area contributed by atoms with E-state index >= 15 is 0 Å². The van der Waals surface area contributed by atoms with E-state index < -0.39 is 16.3 Å². The predicted octanol–water partition coefficient (Wildman–Crippen LogP) is 4.22. The highest BCUT2D eigenvalue weighted by molar-refractivity contribution is 8.00. The molecule has 0 aliphatic carbocycles. The van der Waals surface area contributed by atoms with Crippen molar-refractivity contribution in [2.75, 3.05) is 12.4 Å². The van der Waals surface area contributed by atoms with Gasteiger partial charge in [-0.05, 0) is 51.1 Å². The first-order valence-corrected chi connectivity index (χ1v) is 9.94. The zero-order valence-corrected chi connectivity index (χ0v) is 17.8. The van der Waals surface area contributed by atoms with Gasteiger partial charge >= 0.3 is 0 Å². The third kappa shape index (κ3) is 5.45. The van der Waals surface area contributed by atoms with Crippen LogP contribution in [0.5, 0.6) is 5.75 Å². The van der Waals surface area contributed by atoms with E-state index in [1.807, 2.05) is 20.8 Å². The maximum absolute atomic E-state index is 12.9. The molecule has 1 aliphatic heterocycles. The second kappa shape index (κ2) is 8.67. The van der Waals surface area contributed by atoms with E-state index in [9.17, 15) is 14.9 Å². The number of hydrogen-bond acceptors (Lipinski definition) is 9. The summed E-state index contributed by atoms with van der Waals surface area (Å²) in [5, 5.41) is 23.4. The Bertz CT molecular complexity index is 974. The lowest BCUT2D eigenvalue weighted by molar-refractivity contribution is -0.384. The van der Waals surface area contributed by atoms with Crippen LogP contribution in [0.1, 0.15) is 31.1 Å². The van der Waals surface area contributed by atoms with Crippen LogP contribution in [0.15, 0.2) is 57.7 Å². The Hall–Kier alpha value is -3.18. The molecule has 1 heterocycles. The van der Waals surface area contributed by atoms with Crippen molar-refractivity contribution in [3.63, 3.8) is 0 Å². The number of anilines is 1. The number of nitrogens with one attached hydrogen (secondary N) is 2. The summed E-state index contributed by atoms with van der Waals surface area (Å²) in [6.07, 6.45) is 0. The first kappa shape index (κ1) is 21.5. The topological polar surface area (TPSA) is 121 Å². The molecule has 10 nitrogen and oxygen atoms in total. The van der Waals surface area contributed by atoms with Gasteiger partial charge in [-0.25, -0.2) is 5.53 Å². The van der Waals surface area contributed by atoms with Crippen molar-refractivity contribution >= 4 is 29.0 Å². The monoisotopic (exact) mass is 430 g/mol.